The van der Waals surface area contributed by atoms with Crippen molar-refractivity contribution in [1.29, 1.82) is 0 Å². The predicted octanol–water partition coefficient (Wildman–Crippen LogP) is 1.07. The van der Waals surface area contributed by atoms with Gasteiger partial charge in [-0.25, -0.2) is 0 Å². The Morgan fingerprint density at radius 3 is 2.29 bits per heavy atom. The first-order valence-corrected chi connectivity index (χ1v) is 8.52. The molecule has 0 aliphatic heterocycles. The maximum atomic E-state index is 6.23. The van der Waals surface area contributed by atoms with Crippen LogP contribution in [0.25, 0.3) is 0 Å². The van der Waals surface area contributed by atoms with Gasteiger partial charge >= 0.3 is 30.0 Å². The van der Waals surface area contributed by atoms with Gasteiger partial charge in [-0.05, 0) is 0 Å². The van der Waals surface area contributed by atoms with Gasteiger partial charge in [0.25, 0.3) is 0 Å². The summed E-state index contributed by atoms with van der Waals surface area (Å²) in [6.45, 7) is 0.306. The summed E-state index contributed by atoms with van der Waals surface area (Å²) in [6.07, 6.45) is 6.23. The van der Waals surface area contributed by atoms with Gasteiger partial charge in [0.1, 0.15) is 0 Å². The molecule has 0 aliphatic rings. The molecule has 0 fully saturated rings. The van der Waals surface area contributed by atoms with Gasteiger partial charge in [0.05, 0.1) is 6.61 Å². The van der Waals surface area contributed by atoms with E-state index in [1.807, 2.05) is 5.92 Å². The number of halogens is 1. The molecule has 0 spiro atoms. The van der Waals surface area contributed by atoms with Crippen LogP contribution in [0.15, 0.2) is 0 Å². The van der Waals surface area contributed by atoms with Crippen molar-refractivity contribution >= 4 is 13.6 Å². The zero-order valence-electron chi connectivity index (χ0n) is 4.20. The summed E-state index contributed by atoms with van der Waals surface area (Å²) in [7, 11) is 1.53. The first-order valence-electron chi connectivity index (χ1n) is 1.57. The Bertz CT molecular complexity index is 50.1. The van der Waals surface area contributed by atoms with Crippen molar-refractivity contribution < 1.29 is 21.1 Å². The minimum atomic E-state index is 0.306. The van der Waals surface area contributed by atoms with Crippen molar-refractivity contribution in [3.63, 3.8) is 0 Å². The predicted molar refractivity (Wildman–Crippen MR) is 27.9 cm³/mol. The van der Waals surface area contributed by atoms with Crippen LogP contribution < -0.4 is 0 Å². The molecule has 0 amide bonds. The molecule has 0 bridgehead atoms. The van der Waals surface area contributed by atoms with Crippen molar-refractivity contribution in [2.75, 3.05) is 13.7 Å². The van der Waals surface area contributed by atoms with E-state index in [1.165, 1.54) is 23.5 Å². The summed E-state index contributed by atoms with van der Waals surface area (Å²) in [5.74, 6) is 2.05. The van der Waals surface area contributed by atoms with Gasteiger partial charge < -0.3 is 17.1 Å². The average Bonchev–Trinajstić information content (AvgIpc) is 1.75. The van der Waals surface area contributed by atoms with E-state index in [-0.39, 0.29) is 0 Å². The number of rotatable bonds is 1. The van der Waals surface area contributed by atoms with Gasteiger partial charge in [0.15, 0.2) is 0 Å². The Hall–Kier alpha value is 0.623. The second-order valence-corrected chi connectivity index (χ2v) is 0.610. The third-order valence-corrected chi connectivity index (χ3v) is 0.217. The third kappa shape index (κ3) is 20.6. The van der Waals surface area contributed by atoms with Gasteiger partial charge in [-0.3, -0.25) is 0 Å². The van der Waals surface area contributed by atoms with E-state index in [9.17, 15) is 0 Å². The summed E-state index contributed by atoms with van der Waals surface area (Å²) in [6, 6.07) is 0. The Morgan fingerprint density at radius 2 is 2.29 bits per heavy atom. The van der Waals surface area contributed by atoms with Crippen molar-refractivity contribution in [2.24, 2.45) is 0 Å². The SMILES string of the molecule is [C-]#CCOC.[Zn+][Br]. The molecule has 0 saturated heterocycles. The van der Waals surface area contributed by atoms with Gasteiger partial charge in [0, 0.05) is 7.11 Å². The van der Waals surface area contributed by atoms with Crippen molar-refractivity contribution in [1.82, 2.24) is 0 Å². The average molecular weight is 214 g/mol. The number of hydrogen-bond donors (Lipinski definition) is 0. The van der Waals surface area contributed by atoms with Gasteiger partial charge in [-0.1, -0.05) is 0 Å². The van der Waals surface area contributed by atoms with Gasteiger partial charge in [-0.2, -0.15) is 0 Å². The summed E-state index contributed by atoms with van der Waals surface area (Å²) in [5.41, 5.74) is 0. The molecule has 36 valence electrons. The van der Waals surface area contributed by atoms with Crippen LogP contribution in [0.5, 0.6) is 0 Å². The van der Waals surface area contributed by atoms with Crippen molar-refractivity contribution in [2.45, 2.75) is 0 Å². The van der Waals surface area contributed by atoms with Crippen LogP contribution in [0.1, 0.15) is 0 Å². The molecule has 0 aromatic rings. The fourth-order valence-corrected chi connectivity index (χ4v) is 0.0722. The molecule has 0 N–H and O–H groups in total. The van der Waals surface area contributed by atoms with E-state index in [4.69, 9.17) is 6.42 Å². The quantitative estimate of drug-likeness (QED) is 0.360. The molecule has 0 aliphatic carbocycles. The van der Waals surface area contributed by atoms with E-state index in [1.54, 1.807) is 0 Å². The molecule has 0 atom stereocenters. The Morgan fingerprint density at radius 1 is 1.86 bits per heavy atom. The summed E-state index contributed by atoms with van der Waals surface area (Å²) in [5, 5.41) is 0. The third-order valence-electron chi connectivity index (χ3n) is 0.217. The van der Waals surface area contributed by atoms with Crippen LogP contribution in [-0.2, 0) is 21.1 Å². The topological polar surface area (TPSA) is 9.23 Å². The van der Waals surface area contributed by atoms with Crippen LogP contribution in [-0.4, -0.2) is 13.7 Å². The molecule has 7 heavy (non-hydrogen) atoms. The summed E-state index contributed by atoms with van der Waals surface area (Å²) in [4.78, 5) is 0. The molecular formula is C4H5BrOZn. The first kappa shape index (κ1) is 10.6. The molecule has 0 aromatic heterocycles. The number of hydrogen-bond acceptors (Lipinski definition) is 1. The molecule has 0 radical (unpaired) electrons. The van der Waals surface area contributed by atoms with Gasteiger partial charge in [0.2, 0.25) is 0 Å². The van der Waals surface area contributed by atoms with Crippen LogP contribution in [0, 0.1) is 12.3 Å². The second-order valence-electron chi connectivity index (χ2n) is 0.610. The van der Waals surface area contributed by atoms with E-state index in [0.717, 1.165) is 0 Å². The number of methoxy groups -OCH3 is 1. The first-order chi connectivity index (χ1) is 3.41. The Kier molecular flexibility index (Phi) is 24.1. The zero-order chi connectivity index (χ0) is 6.12. The Labute approximate surface area is 60.8 Å². The summed E-state index contributed by atoms with van der Waals surface area (Å²) >= 11 is 4.25. The van der Waals surface area contributed by atoms with Crippen LogP contribution in [0.2, 0.25) is 0 Å². The zero-order valence-corrected chi connectivity index (χ0v) is 8.75. The second kappa shape index (κ2) is 16.0. The van der Waals surface area contributed by atoms with Crippen LogP contribution in [0.4, 0.5) is 0 Å². The molecule has 1 nitrogen and oxygen atoms in total. The molecule has 0 unspecified atom stereocenters. The fraction of sp³-hybridized carbons (Fsp3) is 0.500. The standard InChI is InChI=1S/C4H5O.BrH.Zn/c1-3-4-5-2;;/h4H2,2H3;1H;/q-1;;+2/p-1. The van der Waals surface area contributed by atoms with E-state index < -0.39 is 0 Å². The minimum absolute atomic E-state index is 0.306. The molecule has 0 rings (SSSR count). The van der Waals surface area contributed by atoms with E-state index >= 15 is 0 Å². The van der Waals surface area contributed by atoms with Crippen LogP contribution >= 0.6 is 13.6 Å². The van der Waals surface area contributed by atoms with E-state index in [0.29, 0.717) is 6.61 Å². The fourth-order valence-electron chi connectivity index (χ4n) is 0.0722. The Balaban J connectivity index is 0. The molecular weight excluding hydrogens is 209 g/mol. The molecule has 0 aromatic carbocycles. The monoisotopic (exact) mass is 212 g/mol. The normalized spacial score (nSPS) is 5.57. The van der Waals surface area contributed by atoms with E-state index in [2.05, 4.69) is 18.4 Å². The number of ether oxygens (including phenoxy) is 1. The van der Waals surface area contributed by atoms with Crippen LogP contribution in [0.3, 0.4) is 0 Å². The molecule has 3 heteroatoms. The molecule has 0 heterocycles. The van der Waals surface area contributed by atoms with Crippen molar-refractivity contribution in [3.05, 3.63) is 6.42 Å². The summed E-state index contributed by atoms with van der Waals surface area (Å²) < 4.78 is 4.39. The van der Waals surface area contributed by atoms with Crippen molar-refractivity contribution in [3.8, 4) is 5.92 Å². The van der Waals surface area contributed by atoms with Gasteiger partial charge in [-0.15, -0.1) is 0 Å². The molecule has 0 saturated carbocycles. The maximum absolute atomic E-state index is 6.23.